The molecule has 0 spiro atoms. The highest BCUT2D eigenvalue weighted by Crippen LogP contribution is 2.08. The third kappa shape index (κ3) is 13.6. The number of unbranched alkanes of at least 4 members (excludes halogenated alkanes) is 5. The molecule has 126 valence electrons. The van der Waals surface area contributed by atoms with Crippen molar-refractivity contribution in [3.05, 3.63) is 24.3 Å². The van der Waals surface area contributed by atoms with Crippen LogP contribution in [0.4, 0.5) is 0 Å². The first kappa shape index (κ1) is 20.6. The minimum atomic E-state index is -0.972. The molecule has 0 fully saturated rings. The smallest absolute Gasteiger partial charge is 0.165 e. The van der Waals surface area contributed by atoms with Gasteiger partial charge in [-0.15, -0.1) is 0 Å². The monoisotopic (exact) mass is 309 g/mol. The van der Waals surface area contributed by atoms with Gasteiger partial charge in [0.15, 0.2) is 5.78 Å². The van der Waals surface area contributed by atoms with Gasteiger partial charge in [-0.3, -0.25) is 4.79 Å². The summed E-state index contributed by atoms with van der Waals surface area (Å²) in [4.78, 5) is 21.8. The van der Waals surface area contributed by atoms with E-state index in [1.807, 2.05) is 31.2 Å². The van der Waals surface area contributed by atoms with Crippen molar-refractivity contribution in [3.63, 3.8) is 0 Å². The fourth-order valence-electron chi connectivity index (χ4n) is 2.04. The average molecular weight is 309 g/mol. The molecule has 0 radical (unpaired) electrons. The topological polar surface area (TPSA) is 77.4 Å². The number of hydrogen-bond acceptors (Lipinski definition) is 4. The van der Waals surface area contributed by atoms with Crippen LogP contribution in [0.5, 0.6) is 0 Å². The first-order valence-corrected chi connectivity index (χ1v) is 8.28. The second-order valence-corrected chi connectivity index (χ2v) is 5.45. The third-order valence-corrected chi connectivity index (χ3v) is 3.37. The molecule has 22 heavy (non-hydrogen) atoms. The Morgan fingerprint density at radius 2 is 1.68 bits per heavy atom. The van der Waals surface area contributed by atoms with E-state index in [4.69, 9.17) is 0 Å². The summed E-state index contributed by atoms with van der Waals surface area (Å²) in [5.41, 5.74) is 0. The Balaban J connectivity index is 3.51. The van der Waals surface area contributed by atoms with Crippen LogP contribution in [-0.4, -0.2) is 23.0 Å². The van der Waals surface area contributed by atoms with Crippen LogP contribution in [0, 0.1) is 0 Å². The number of hydrogen-bond donors (Lipinski definition) is 1. The molecule has 0 aliphatic carbocycles. The quantitative estimate of drug-likeness (QED) is 0.395. The van der Waals surface area contributed by atoms with E-state index in [9.17, 15) is 19.8 Å². The lowest BCUT2D eigenvalue weighted by molar-refractivity contribution is -0.305. The van der Waals surface area contributed by atoms with E-state index in [2.05, 4.69) is 0 Å². The molecule has 0 heterocycles. The summed E-state index contributed by atoms with van der Waals surface area (Å²) in [5, 5.41) is 19.8. The molecule has 0 aromatic rings. The maximum atomic E-state index is 11.6. The van der Waals surface area contributed by atoms with Crippen LogP contribution in [-0.2, 0) is 9.59 Å². The van der Waals surface area contributed by atoms with Gasteiger partial charge < -0.3 is 15.0 Å². The number of aliphatic carboxylic acids is 1. The summed E-state index contributed by atoms with van der Waals surface area (Å²) in [7, 11) is 0. The van der Waals surface area contributed by atoms with Gasteiger partial charge in [0.1, 0.15) is 6.10 Å². The summed E-state index contributed by atoms with van der Waals surface area (Å²) in [5.74, 6) is -1.11. The Morgan fingerprint density at radius 3 is 2.36 bits per heavy atom. The number of allylic oxidation sites excluding steroid dienone is 3. The van der Waals surface area contributed by atoms with E-state index in [1.165, 1.54) is 0 Å². The van der Waals surface area contributed by atoms with Crippen LogP contribution >= 0.6 is 0 Å². The van der Waals surface area contributed by atoms with E-state index < -0.39 is 12.1 Å². The summed E-state index contributed by atoms with van der Waals surface area (Å²) >= 11 is 0. The molecule has 0 aromatic carbocycles. The van der Waals surface area contributed by atoms with Gasteiger partial charge in [0.25, 0.3) is 0 Å². The number of aliphatic hydroxyl groups is 1. The number of carbonyl (C=O) groups excluding carboxylic acids is 2. The predicted molar refractivity (Wildman–Crippen MR) is 86.1 cm³/mol. The van der Waals surface area contributed by atoms with E-state index in [0.717, 1.165) is 38.5 Å². The first-order valence-electron chi connectivity index (χ1n) is 8.28. The summed E-state index contributed by atoms with van der Waals surface area (Å²) in [6.07, 6.45) is 14.1. The molecular formula is C18H29O4-. The summed E-state index contributed by atoms with van der Waals surface area (Å²) in [6.45, 7) is 2.01. The zero-order chi connectivity index (χ0) is 16.6. The van der Waals surface area contributed by atoms with Gasteiger partial charge in [0.05, 0.1) is 0 Å². The van der Waals surface area contributed by atoms with Crippen molar-refractivity contribution >= 4 is 11.8 Å². The minimum Gasteiger partial charge on any atom is -0.550 e. The molecule has 0 rings (SSSR count). The lowest BCUT2D eigenvalue weighted by atomic mass is 10.1. The average Bonchev–Trinajstić information content (AvgIpc) is 2.48. The van der Waals surface area contributed by atoms with Gasteiger partial charge in [0, 0.05) is 12.4 Å². The number of carboxylic acids is 1. The van der Waals surface area contributed by atoms with Crippen LogP contribution in [0.2, 0.25) is 0 Å². The molecule has 0 bridgehead atoms. The lowest BCUT2D eigenvalue weighted by Crippen LogP contribution is -2.21. The van der Waals surface area contributed by atoms with Crippen molar-refractivity contribution in [3.8, 4) is 0 Å². The van der Waals surface area contributed by atoms with Crippen molar-refractivity contribution in [2.75, 3.05) is 0 Å². The highest BCUT2D eigenvalue weighted by molar-refractivity contribution is 5.84. The molecule has 1 atom stereocenters. The maximum absolute atomic E-state index is 11.6. The Morgan fingerprint density at radius 1 is 1.00 bits per heavy atom. The van der Waals surface area contributed by atoms with Gasteiger partial charge in [-0.2, -0.15) is 0 Å². The van der Waals surface area contributed by atoms with Gasteiger partial charge in [-0.1, -0.05) is 50.5 Å². The van der Waals surface area contributed by atoms with Crippen molar-refractivity contribution in [2.45, 2.75) is 77.2 Å². The second kappa shape index (κ2) is 14.5. The molecule has 1 unspecified atom stereocenters. The van der Waals surface area contributed by atoms with E-state index in [-0.39, 0.29) is 18.6 Å². The molecule has 0 saturated heterocycles. The fraction of sp³-hybridized carbons (Fsp3) is 0.667. The number of ketones is 1. The Kier molecular flexibility index (Phi) is 13.6. The number of carboxylic acid groups (broad SMARTS) is 1. The van der Waals surface area contributed by atoms with E-state index in [1.54, 1.807) is 0 Å². The minimum absolute atomic E-state index is 0.140. The highest BCUT2D eigenvalue weighted by Gasteiger charge is 2.10. The van der Waals surface area contributed by atoms with Crippen LogP contribution in [0.15, 0.2) is 24.3 Å². The van der Waals surface area contributed by atoms with E-state index >= 15 is 0 Å². The van der Waals surface area contributed by atoms with Crippen molar-refractivity contribution < 1.29 is 19.8 Å². The Labute approximate surface area is 133 Å². The zero-order valence-electron chi connectivity index (χ0n) is 13.6. The van der Waals surface area contributed by atoms with Gasteiger partial charge in [0.2, 0.25) is 0 Å². The van der Waals surface area contributed by atoms with Gasteiger partial charge in [-0.25, -0.2) is 0 Å². The number of Topliss-reactive ketones (excluding diaryl/α,β-unsaturated/α-hetero) is 1. The largest absolute Gasteiger partial charge is 0.550 e. The molecule has 0 amide bonds. The van der Waals surface area contributed by atoms with Crippen molar-refractivity contribution in [2.24, 2.45) is 0 Å². The molecule has 4 heteroatoms. The maximum Gasteiger partial charge on any atom is 0.165 e. The molecule has 0 aromatic heterocycles. The van der Waals surface area contributed by atoms with Crippen molar-refractivity contribution in [1.29, 1.82) is 0 Å². The van der Waals surface area contributed by atoms with Gasteiger partial charge >= 0.3 is 0 Å². The predicted octanol–water partition coefficient (Wildman–Crippen LogP) is 2.70. The second-order valence-electron chi connectivity index (χ2n) is 5.45. The molecule has 0 aliphatic rings. The molecular weight excluding hydrogens is 280 g/mol. The molecule has 0 aliphatic heterocycles. The third-order valence-electron chi connectivity index (χ3n) is 3.37. The van der Waals surface area contributed by atoms with Gasteiger partial charge in [-0.05, 0) is 38.5 Å². The van der Waals surface area contributed by atoms with Crippen LogP contribution in [0.3, 0.4) is 0 Å². The summed E-state index contributed by atoms with van der Waals surface area (Å²) in [6, 6.07) is 0. The summed E-state index contributed by atoms with van der Waals surface area (Å²) < 4.78 is 0. The van der Waals surface area contributed by atoms with E-state index in [0.29, 0.717) is 12.8 Å². The molecule has 0 saturated carbocycles. The number of carbonyl (C=O) groups is 2. The number of aliphatic hydroxyl groups excluding tert-OH is 1. The highest BCUT2D eigenvalue weighted by atomic mass is 16.4. The Bertz CT molecular complexity index is 358. The molecule has 1 N–H and O–H groups in total. The Hall–Kier alpha value is -1.42. The van der Waals surface area contributed by atoms with Crippen LogP contribution < -0.4 is 5.11 Å². The SMILES string of the molecule is CC/C=C\CC(O)C(=O)C/C=C\CCCCCCCC(=O)[O-]. The first-order chi connectivity index (χ1) is 10.6. The standard InChI is InChI=1S/C18H30O4/c1-2-3-10-13-16(19)17(20)14-11-8-6-4-5-7-9-12-15-18(21)22/h3,8,10-11,16,19H,2,4-7,9,12-15H2,1H3,(H,21,22)/p-1/b10-3-,11-8-. The zero-order valence-corrected chi connectivity index (χ0v) is 13.6. The lowest BCUT2D eigenvalue weighted by Gasteiger charge is -2.04. The number of rotatable bonds is 14. The normalized spacial score (nSPS) is 13.0. The molecule has 4 nitrogen and oxygen atoms in total. The van der Waals surface area contributed by atoms with Crippen molar-refractivity contribution in [1.82, 2.24) is 0 Å². The van der Waals surface area contributed by atoms with Crippen LogP contribution in [0.25, 0.3) is 0 Å². The van der Waals surface area contributed by atoms with Crippen LogP contribution in [0.1, 0.15) is 71.1 Å². The fourth-order valence-corrected chi connectivity index (χ4v) is 2.04.